The Balaban J connectivity index is 0.00000225. The topological polar surface area (TPSA) is 74.9 Å². The van der Waals surface area contributed by atoms with Gasteiger partial charge in [-0.25, -0.2) is 0 Å². The van der Waals surface area contributed by atoms with Gasteiger partial charge in [0.15, 0.2) is 0 Å². The zero-order valence-corrected chi connectivity index (χ0v) is 11.1. The third kappa shape index (κ3) is 3.28. The Morgan fingerprint density at radius 3 is 2.31 bits per heavy atom. The van der Waals surface area contributed by atoms with Crippen molar-refractivity contribution < 1.29 is 19.2 Å². The molecule has 4 nitrogen and oxygen atoms in total. The molecule has 1 fully saturated rings. The Morgan fingerprint density at radius 2 is 1.88 bits per heavy atom. The van der Waals surface area contributed by atoms with Gasteiger partial charge in [-0.1, -0.05) is 12.8 Å². The minimum Gasteiger partial charge on any atom is -0.465 e. The van der Waals surface area contributed by atoms with Crippen molar-refractivity contribution in [1.82, 2.24) is 0 Å². The van der Waals surface area contributed by atoms with Crippen LogP contribution in [0.3, 0.4) is 0 Å². The first kappa shape index (κ1) is 15.6. The Labute approximate surface area is 99.5 Å². The third-order valence-electron chi connectivity index (χ3n) is 2.87. The molecule has 0 aromatic rings. The Bertz CT molecular complexity index is 257. The fourth-order valence-corrected chi connectivity index (χ4v) is 3.72. The van der Waals surface area contributed by atoms with E-state index in [4.69, 9.17) is 4.74 Å². The predicted molar refractivity (Wildman–Crippen MR) is 64.7 cm³/mol. The predicted octanol–water partition coefficient (Wildman–Crippen LogP) is 1.19. The van der Waals surface area contributed by atoms with Gasteiger partial charge < -0.3 is 10.2 Å². The highest BCUT2D eigenvalue weighted by atomic mass is 32.2. The van der Waals surface area contributed by atoms with Gasteiger partial charge in [-0.15, -0.1) is 0 Å². The fourth-order valence-electron chi connectivity index (χ4n) is 1.91. The molecule has 1 rings (SSSR count). The lowest BCUT2D eigenvalue weighted by Crippen LogP contribution is -2.42. The molecule has 1 unspecified atom stereocenters. The first-order chi connectivity index (χ1) is 7.00. The first-order valence-electron chi connectivity index (χ1n) is 5.58. The van der Waals surface area contributed by atoms with E-state index in [1.54, 1.807) is 20.8 Å². The molecule has 0 aromatic carbocycles. The van der Waals surface area contributed by atoms with Gasteiger partial charge in [0.25, 0.3) is 0 Å². The number of hydrogen-bond donors (Lipinski definition) is 0. The number of rotatable bonds is 4. The molecular weight excluding hydrogens is 228 g/mol. The molecule has 1 atom stereocenters. The molecule has 0 saturated heterocycles. The van der Waals surface area contributed by atoms with E-state index in [0.717, 1.165) is 25.7 Å². The molecule has 0 aromatic heterocycles. The number of hydrogen-bond acceptors (Lipinski definition) is 3. The molecule has 96 valence electrons. The maximum Gasteiger partial charge on any atom is 0.324 e. The van der Waals surface area contributed by atoms with Crippen LogP contribution >= 0.6 is 0 Å². The van der Waals surface area contributed by atoms with Gasteiger partial charge in [-0.2, -0.15) is 0 Å². The number of esters is 1. The van der Waals surface area contributed by atoms with E-state index in [1.807, 2.05) is 0 Å². The summed E-state index contributed by atoms with van der Waals surface area (Å²) in [5.74, 6) is -0.338. The molecule has 5 heteroatoms. The monoisotopic (exact) mass is 250 g/mol. The van der Waals surface area contributed by atoms with Gasteiger partial charge in [-0.3, -0.25) is 9.00 Å². The molecule has 0 spiro atoms. The van der Waals surface area contributed by atoms with Gasteiger partial charge >= 0.3 is 5.97 Å². The number of ether oxygens (including phenoxy) is 1. The molecule has 2 N–H and O–H groups in total. The average molecular weight is 250 g/mol. The minimum atomic E-state index is -1.11. The minimum absolute atomic E-state index is 0. The molecular formula is C11H22O4S. The van der Waals surface area contributed by atoms with E-state index >= 15 is 0 Å². The molecule has 0 heterocycles. The quantitative estimate of drug-likeness (QED) is 0.703. The van der Waals surface area contributed by atoms with E-state index in [2.05, 4.69) is 0 Å². The van der Waals surface area contributed by atoms with Crippen molar-refractivity contribution in [2.75, 3.05) is 6.61 Å². The smallest absolute Gasteiger partial charge is 0.324 e. The van der Waals surface area contributed by atoms with E-state index < -0.39 is 15.5 Å². The largest absolute Gasteiger partial charge is 0.465 e. The summed E-state index contributed by atoms with van der Waals surface area (Å²) >= 11 is 0. The summed E-state index contributed by atoms with van der Waals surface area (Å²) in [6, 6.07) is 0. The molecule has 1 aliphatic rings. The van der Waals surface area contributed by atoms with E-state index in [-0.39, 0.29) is 16.7 Å². The van der Waals surface area contributed by atoms with Crippen LogP contribution in [0, 0.1) is 0 Å². The van der Waals surface area contributed by atoms with Crippen LogP contribution in [0.2, 0.25) is 0 Å². The molecule has 16 heavy (non-hydrogen) atoms. The van der Waals surface area contributed by atoms with Gasteiger partial charge in [-0.05, 0) is 33.6 Å². The third-order valence-corrected chi connectivity index (χ3v) is 5.12. The standard InChI is InChI=1S/C11H20O3S.H2O/c1-4-14-10(12)11(2,3)15(13)9-7-5-6-8-9;/h9H,4-8H2,1-3H3;1H2. The second-order valence-electron chi connectivity index (χ2n) is 4.43. The molecule has 0 amide bonds. The van der Waals surface area contributed by atoms with Crippen molar-refractivity contribution in [3.05, 3.63) is 0 Å². The summed E-state index contributed by atoms with van der Waals surface area (Å²) in [6.07, 6.45) is 4.23. The summed E-state index contributed by atoms with van der Waals surface area (Å²) < 4.78 is 16.3. The van der Waals surface area contributed by atoms with Crippen molar-refractivity contribution in [3.8, 4) is 0 Å². The second kappa shape index (κ2) is 6.35. The van der Waals surface area contributed by atoms with E-state index in [9.17, 15) is 9.00 Å². The lowest BCUT2D eigenvalue weighted by atomic mass is 10.2. The summed E-state index contributed by atoms with van der Waals surface area (Å²) in [5, 5.41) is 0.185. The van der Waals surface area contributed by atoms with Crippen LogP contribution in [0.4, 0.5) is 0 Å². The van der Waals surface area contributed by atoms with Gasteiger partial charge in [0.1, 0.15) is 4.75 Å². The summed E-state index contributed by atoms with van der Waals surface area (Å²) in [7, 11) is -1.11. The molecule has 1 saturated carbocycles. The van der Waals surface area contributed by atoms with Crippen molar-refractivity contribution in [2.45, 2.75) is 56.5 Å². The Kier molecular flexibility index (Phi) is 6.18. The van der Waals surface area contributed by atoms with E-state index in [0.29, 0.717) is 6.61 Å². The van der Waals surface area contributed by atoms with Crippen LogP contribution in [0.5, 0.6) is 0 Å². The van der Waals surface area contributed by atoms with Gasteiger partial charge in [0.05, 0.1) is 6.61 Å². The first-order valence-corrected chi connectivity index (χ1v) is 6.79. The molecule has 1 aliphatic carbocycles. The van der Waals surface area contributed by atoms with Crippen LogP contribution in [0.25, 0.3) is 0 Å². The summed E-state index contributed by atoms with van der Waals surface area (Å²) in [5.41, 5.74) is 0. The Hall–Kier alpha value is -0.420. The van der Waals surface area contributed by atoms with Gasteiger partial charge in [0.2, 0.25) is 0 Å². The van der Waals surface area contributed by atoms with Crippen molar-refractivity contribution >= 4 is 16.8 Å². The highest BCUT2D eigenvalue weighted by Crippen LogP contribution is 2.29. The fraction of sp³-hybridized carbons (Fsp3) is 0.909. The van der Waals surface area contributed by atoms with Crippen LogP contribution in [-0.2, 0) is 20.3 Å². The molecule has 0 bridgehead atoms. The van der Waals surface area contributed by atoms with Gasteiger partial charge in [0, 0.05) is 16.0 Å². The second-order valence-corrected chi connectivity index (χ2v) is 6.72. The number of carbonyl (C=O) groups is 1. The lowest BCUT2D eigenvalue weighted by molar-refractivity contribution is -0.145. The maximum absolute atomic E-state index is 12.2. The van der Waals surface area contributed by atoms with Crippen molar-refractivity contribution in [1.29, 1.82) is 0 Å². The average Bonchev–Trinajstić information content (AvgIpc) is 2.69. The highest BCUT2D eigenvalue weighted by molar-refractivity contribution is 7.87. The Morgan fingerprint density at radius 1 is 1.38 bits per heavy atom. The van der Waals surface area contributed by atoms with Crippen LogP contribution in [0.1, 0.15) is 46.5 Å². The number of carbonyl (C=O) groups excluding carboxylic acids is 1. The molecule has 0 radical (unpaired) electrons. The lowest BCUT2D eigenvalue weighted by Gasteiger charge is -2.24. The highest BCUT2D eigenvalue weighted by Gasteiger charge is 2.40. The van der Waals surface area contributed by atoms with Crippen LogP contribution < -0.4 is 0 Å². The SMILES string of the molecule is CCOC(=O)C(C)(C)S(=O)C1CCCC1.O. The van der Waals surface area contributed by atoms with E-state index in [1.165, 1.54) is 0 Å². The zero-order valence-electron chi connectivity index (χ0n) is 10.2. The molecule has 0 aliphatic heterocycles. The normalized spacial score (nSPS) is 18.9. The maximum atomic E-state index is 12.2. The summed E-state index contributed by atoms with van der Waals surface area (Å²) in [4.78, 5) is 11.6. The van der Waals surface area contributed by atoms with Crippen molar-refractivity contribution in [3.63, 3.8) is 0 Å². The summed E-state index contributed by atoms with van der Waals surface area (Å²) in [6.45, 7) is 5.56. The zero-order chi connectivity index (χ0) is 11.5. The van der Waals surface area contributed by atoms with Crippen LogP contribution in [0.15, 0.2) is 0 Å². The van der Waals surface area contributed by atoms with Crippen LogP contribution in [-0.4, -0.2) is 32.3 Å². The van der Waals surface area contributed by atoms with Crippen molar-refractivity contribution in [2.24, 2.45) is 0 Å².